The van der Waals surface area contributed by atoms with Crippen LogP contribution in [0.4, 0.5) is 0 Å². The molecule has 0 saturated carbocycles. The average molecular weight is 308 g/mol. The van der Waals surface area contributed by atoms with Crippen LogP contribution in [0.5, 0.6) is 5.88 Å². The van der Waals surface area contributed by atoms with Crippen LogP contribution in [0.15, 0.2) is 51.6 Å². The second kappa shape index (κ2) is 4.43. The molecule has 0 bridgehead atoms. The second-order valence-corrected chi connectivity index (χ2v) is 6.54. The van der Waals surface area contributed by atoms with E-state index in [1.54, 1.807) is 24.3 Å². The van der Waals surface area contributed by atoms with Crippen molar-refractivity contribution in [3.8, 4) is 5.88 Å². The van der Waals surface area contributed by atoms with Gasteiger partial charge in [-0.15, -0.1) is 0 Å². The van der Waals surface area contributed by atoms with Gasteiger partial charge in [-0.25, -0.2) is 8.42 Å². The fraction of sp³-hybridized carbons (Fsp3) is 0. The third-order valence-corrected chi connectivity index (χ3v) is 5.30. The monoisotopic (exact) mass is 308 g/mol. The number of nitrogens with zero attached hydrogens (tertiary/aromatic N) is 2. The van der Waals surface area contributed by atoms with Gasteiger partial charge in [0.05, 0.1) is 10.9 Å². The average Bonchev–Trinajstić information content (AvgIpc) is 2.78. The van der Waals surface area contributed by atoms with Crippen LogP contribution in [-0.2, 0) is 10.0 Å². The Morgan fingerprint density at radius 3 is 2.65 bits per heavy atom. The Morgan fingerprint density at radius 1 is 1.20 bits per heavy atom. The Labute approximate surface area is 117 Å². The van der Waals surface area contributed by atoms with E-state index in [-0.39, 0.29) is 10.4 Å². The lowest BCUT2D eigenvalue weighted by atomic mass is 10.2. The van der Waals surface area contributed by atoms with E-state index in [9.17, 15) is 18.3 Å². The molecule has 1 aromatic carbocycles. The highest BCUT2D eigenvalue weighted by atomic mass is 32.2. The summed E-state index contributed by atoms with van der Waals surface area (Å²) >= 11 is 0.616. The predicted octanol–water partition coefficient (Wildman–Crippen LogP) is 1.40. The number of thiazole rings is 1. The van der Waals surface area contributed by atoms with Gasteiger partial charge in [-0.2, -0.15) is 3.97 Å². The summed E-state index contributed by atoms with van der Waals surface area (Å²) in [5.41, 5.74) is 0.257. The molecule has 20 heavy (non-hydrogen) atoms. The molecule has 1 N–H and O–H groups in total. The van der Waals surface area contributed by atoms with Gasteiger partial charge in [-0.05, 0) is 12.1 Å². The molecule has 0 aliphatic carbocycles. The number of aromatic nitrogens is 2. The summed E-state index contributed by atoms with van der Waals surface area (Å²) in [6.45, 7) is 0. The molecule has 0 aliphatic rings. The van der Waals surface area contributed by atoms with Crippen molar-refractivity contribution < 1.29 is 13.5 Å². The Hall–Kier alpha value is -2.19. The molecule has 0 unspecified atom stereocenters. The first kappa shape index (κ1) is 12.8. The topological polar surface area (TPSA) is 89.3 Å². The molecule has 102 valence electrons. The van der Waals surface area contributed by atoms with Gasteiger partial charge in [-0.3, -0.25) is 9.78 Å². The summed E-state index contributed by atoms with van der Waals surface area (Å²) in [5.74, 6) is -0.604. The van der Waals surface area contributed by atoms with E-state index in [0.717, 1.165) is 5.38 Å². The summed E-state index contributed by atoms with van der Waals surface area (Å²) in [7, 11) is -4.18. The zero-order valence-corrected chi connectivity index (χ0v) is 11.6. The van der Waals surface area contributed by atoms with Crippen molar-refractivity contribution in [3.05, 3.63) is 51.6 Å². The van der Waals surface area contributed by atoms with Crippen LogP contribution in [0.3, 0.4) is 0 Å². The maximum Gasteiger partial charge on any atom is 0.324 e. The number of benzene rings is 1. The fourth-order valence-corrected chi connectivity index (χ4v) is 4.24. The summed E-state index contributed by atoms with van der Waals surface area (Å²) in [6.07, 6.45) is 1.47. The summed E-state index contributed by atoms with van der Waals surface area (Å²) < 4.78 is 25.4. The Bertz CT molecular complexity index is 951. The van der Waals surface area contributed by atoms with Crippen LogP contribution >= 0.6 is 11.3 Å². The van der Waals surface area contributed by atoms with E-state index >= 15 is 0 Å². The van der Waals surface area contributed by atoms with E-state index < -0.39 is 20.8 Å². The Balaban J connectivity index is 2.39. The molecule has 3 rings (SSSR count). The predicted molar refractivity (Wildman–Crippen MR) is 74.6 cm³/mol. The maximum atomic E-state index is 12.5. The van der Waals surface area contributed by atoms with Crippen molar-refractivity contribution in [2.75, 3.05) is 0 Å². The van der Waals surface area contributed by atoms with Gasteiger partial charge in [-0.1, -0.05) is 29.5 Å². The Kier molecular flexibility index (Phi) is 2.84. The number of hydrogen-bond donors (Lipinski definition) is 1. The fourth-order valence-electron chi connectivity index (χ4n) is 1.90. The quantitative estimate of drug-likeness (QED) is 0.773. The second-order valence-electron chi connectivity index (χ2n) is 3.96. The molecular formula is C12H8N2O4S2. The summed E-state index contributed by atoms with van der Waals surface area (Å²) in [4.78, 5) is 14.8. The van der Waals surface area contributed by atoms with Gasteiger partial charge in [0.2, 0.25) is 5.88 Å². The van der Waals surface area contributed by atoms with Crippen LogP contribution in [0.2, 0.25) is 0 Å². The zero-order chi connectivity index (χ0) is 14.3. The molecule has 0 radical (unpaired) electrons. The first-order chi connectivity index (χ1) is 9.51. The molecule has 2 heterocycles. The number of aromatic hydroxyl groups is 1. The summed E-state index contributed by atoms with van der Waals surface area (Å²) in [6, 6.07) is 8.04. The molecule has 0 spiro atoms. The minimum Gasteiger partial charge on any atom is -0.493 e. The molecular weight excluding hydrogens is 300 g/mol. The van der Waals surface area contributed by atoms with Gasteiger partial charge < -0.3 is 5.11 Å². The van der Waals surface area contributed by atoms with Crippen LogP contribution in [0.25, 0.3) is 10.9 Å². The molecule has 6 nitrogen and oxygen atoms in total. The van der Waals surface area contributed by atoms with E-state index in [0.29, 0.717) is 20.7 Å². The molecule has 0 saturated heterocycles. The highest BCUT2D eigenvalue weighted by molar-refractivity contribution is 7.90. The molecule has 0 fully saturated rings. The molecule has 3 aromatic rings. The standard InChI is InChI=1S/C12H8N2O4S2/c15-10-7-19-12(16)14(10)20(17,18)9-5-1-3-8-4-2-6-13-11(8)9/h1-7,15H. The first-order valence-corrected chi connectivity index (χ1v) is 7.82. The van der Waals surface area contributed by atoms with Crippen molar-refractivity contribution >= 4 is 32.3 Å². The van der Waals surface area contributed by atoms with Gasteiger partial charge in [0.1, 0.15) is 4.90 Å². The highest BCUT2D eigenvalue weighted by Gasteiger charge is 2.25. The van der Waals surface area contributed by atoms with E-state index in [2.05, 4.69) is 4.98 Å². The van der Waals surface area contributed by atoms with Crippen LogP contribution in [-0.4, -0.2) is 22.5 Å². The van der Waals surface area contributed by atoms with Gasteiger partial charge in [0.25, 0.3) is 10.0 Å². The van der Waals surface area contributed by atoms with Crippen LogP contribution in [0.1, 0.15) is 0 Å². The highest BCUT2D eigenvalue weighted by Crippen LogP contribution is 2.25. The van der Waals surface area contributed by atoms with E-state index in [1.807, 2.05) is 0 Å². The van der Waals surface area contributed by atoms with Gasteiger partial charge in [0.15, 0.2) is 0 Å². The molecule has 2 aromatic heterocycles. The molecule has 0 aliphatic heterocycles. The van der Waals surface area contributed by atoms with E-state index in [4.69, 9.17) is 0 Å². The van der Waals surface area contributed by atoms with Crippen molar-refractivity contribution in [1.82, 2.24) is 8.96 Å². The number of hydrogen-bond acceptors (Lipinski definition) is 6. The van der Waals surface area contributed by atoms with E-state index in [1.165, 1.54) is 12.3 Å². The van der Waals surface area contributed by atoms with Crippen molar-refractivity contribution in [1.29, 1.82) is 0 Å². The maximum absolute atomic E-state index is 12.5. The normalized spacial score (nSPS) is 11.8. The SMILES string of the molecule is O=c1scc(O)n1S(=O)(=O)c1cccc2cccnc12. The molecule has 0 atom stereocenters. The van der Waals surface area contributed by atoms with Crippen LogP contribution in [0, 0.1) is 0 Å². The first-order valence-electron chi connectivity index (χ1n) is 5.50. The van der Waals surface area contributed by atoms with Crippen molar-refractivity contribution in [2.45, 2.75) is 4.90 Å². The minimum absolute atomic E-state index is 0.119. The molecule has 8 heteroatoms. The van der Waals surface area contributed by atoms with Gasteiger partial charge >= 0.3 is 4.87 Å². The molecule has 0 amide bonds. The lowest BCUT2D eigenvalue weighted by Gasteiger charge is -2.07. The lowest BCUT2D eigenvalue weighted by molar-refractivity contribution is 0.444. The zero-order valence-electron chi connectivity index (χ0n) is 9.92. The lowest BCUT2D eigenvalue weighted by Crippen LogP contribution is -2.22. The Morgan fingerprint density at radius 2 is 1.95 bits per heavy atom. The third kappa shape index (κ3) is 1.81. The number of rotatable bonds is 2. The minimum atomic E-state index is -4.18. The van der Waals surface area contributed by atoms with Crippen molar-refractivity contribution in [3.63, 3.8) is 0 Å². The number of para-hydroxylation sites is 1. The number of pyridine rings is 1. The largest absolute Gasteiger partial charge is 0.493 e. The van der Waals surface area contributed by atoms with Crippen LogP contribution < -0.4 is 4.87 Å². The third-order valence-electron chi connectivity index (χ3n) is 2.75. The van der Waals surface area contributed by atoms with Crippen molar-refractivity contribution in [2.24, 2.45) is 0 Å². The number of fused-ring (bicyclic) bond motifs is 1. The summed E-state index contributed by atoms with van der Waals surface area (Å²) in [5, 5.41) is 11.3. The van der Waals surface area contributed by atoms with Gasteiger partial charge in [0, 0.05) is 11.6 Å². The smallest absolute Gasteiger partial charge is 0.324 e.